The van der Waals surface area contributed by atoms with Crippen LogP contribution in [0.2, 0.25) is 0 Å². The van der Waals surface area contributed by atoms with Crippen molar-refractivity contribution in [1.82, 2.24) is 29.3 Å². The molecule has 0 aromatic carbocycles. The number of carbonyl (C=O) groups is 1. The largest absolute Gasteiger partial charge is 0.415 e. The van der Waals surface area contributed by atoms with E-state index in [2.05, 4.69) is 35.4 Å². The summed E-state index contributed by atoms with van der Waals surface area (Å²) in [5.41, 5.74) is 0.408. The molecule has 2 saturated carbocycles. The number of carbonyl (C=O) groups excluding carboxylic acids is 1. The van der Waals surface area contributed by atoms with E-state index >= 15 is 0 Å². The van der Waals surface area contributed by atoms with Gasteiger partial charge in [0.15, 0.2) is 0 Å². The molecule has 3 aliphatic carbocycles. The van der Waals surface area contributed by atoms with Crippen LogP contribution in [0.25, 0.3) is 0 Å². The number of alkyl halides is 5. The SMILES string of the molecule is Cn1nc(OC(F)F)cc1Nc1nncn1[C@H]1CCc2sc(NC(=O)[C@H]3C[C@@H]3F)c(S(=O)(=O)NC3CC(F)(F)C3)c2C1. The average molecular weight is 637 g/mol. The third kappa shape index (κ3) is 5.68. The molecule has 228 valence electrons. The lowest BCUT2D eigenvalue weighted by atomic mass is 9.89. The monoisotopic (exact) mass is 636 g/mol. The molecule has 0 saturated heterocycles. The molecule has 3 heterocycles. The molecule has 6 rings (SSSR count). The van der Waals surface area contributed by atoms with Crippen molar-refractivity contribution in [3.05, 3.63) is 22.8 Å². The number of nitrogens with zero attached hydrogens (tertiary/aromatic N) is 5. The number of rotatable bonds is 10. The molecule has 2 fully saturated rings. The lowest BCUT2D eigenvalue weighted by molar-refractivity contribution is -0.117. The third-order valence-corrected chi connectivity index (χ3v) is 10.4. The van der Waals surface area contributed by atoms with E-state index in [0.717, 1.165) is 11.3 Å². The Balaban J connectivity index is 1.28. The van der Waals surface area contributed by atoms with E-state index in [1.807, 2.05) is 0 Å². The van der Waals surface area contributed by atoms with Gasteiger partial charge in [-0.2, -0.15) is 8.78 Å². The predicted octanol–water partition coefficient (Wildman–Crippen LogP) is 3.52. The first-order chi connectivity index (χ1) is 19.8. The minimum atomic E-state index is -4.35. The molecule has 0 radical (unpaired) electrons. The normalized spacial score (nSPS) is 23.4. The Morgan fingerprint density at radius 2 is 2.02 bits per heavy atom. The van der Waals surface area contributed by atoms with Crippen molar-refractivity contribution in [3.8, 4) is 5.88 Å². The Kier molecular flexibility index (Phi) is 7.16. The molecular weight excluding hydrogens is 611 g/mol. The van der Waals surface area contributed by atoms with Gasteiger partial charge in [-0.15, -0.1) is 26.6 Å². The van der Waals surface area contributed by atoms with Gasteiger partial charge in [0.1, 0.15) is 28.2 Å². The number of halogens is 5. The number of anilines is 3. The Hall–Kier alpha value is -3.32. The van der Waals surface area contributed by atoms with Crippen LogP contribution in [-0.4, -0.2) is 63.6 Å². The van der Waals surface area contributed by atoms with Gasteiger partial charge in [0.25, 0.3) is 5.92 Å². The first-order valence-electron chi connectivity index (χ1n) is 12.9. The van der Waals surface area contributed by atoms with Crippen LogP contribution in [0.3, 0.4) is 0 Å². The van der Waals surface area contributed by atoms with Gasteiger partial charge in [0, 0.05) is 42.9 Å². The second-order valence-corrected chi connectivity index (χ2v) is 13.3. The highest BCUT2D eigenvalue weighted by Crippen LogP contribution is 2.46. The Morgan fingerprint density at radius 1 is 1.29 bits per heavy atom. The number of fused-ring (bicyclic) bond motifs is 1. The van der Waals surface area contributed by atoms with Crippen LogP contribution in [0.1, 0.15) is 42.2 Å². The Bertz CT molecular complexity index is 1620. The van der Waals surface area contributed by atoms with Crippen molar-refractivity contribution in [1.29, 1.82) is 0 Å². The molecule has 42 heavy (non-hydrogen) atoms. The maximum absolute atomic E-state index is 13.6. The molecule has 3 atom stereocenters. The summed E-state index contributed by atoms with van der Waals surface area (Å²) >= 11 is 1.07. The van der Waals surface area contributed by atoms with E-state index < -0.39 is 59.4 Å². The van der Waals surface area contributed by atoms with Crippen LogP contribution in [0.4, 0.5) is 38.7 Å². The van der Waals surface area contributed by atoms with Gasteiger partial charge >= 0.3 is 6.61 Å². The maximum Gasteiger partial charge on any atom is 0.388 e. The molecule has 3 aromatic heterocycles. The van der Waals surface area contributed by atoms with Crippen molar-refractivity contribution < 1.29 is 39.9 Å². The average Bonchev–Trinajstić information content (AvgIpc) is 3.16. The summed E-state index contributed by atoms with van der Waals surface area (Å²) in [5.74, 6) is -4.28. The lowest BCUT2D eigenvalue weighted by Gasteiger charge is -2.35. The minimum Gasteiger partial charge on any atom is -0.415 e. The van der Waals surface area contributed by atoms with Gasteiger partial charge < -0.3 is 15.4 Å². The first-order valence-corrected chi connectivity index (χ1v) is 15.2. The van der Waals surface area contributed by atoms with Crippen molar-refractivity contribution in [3.63, 3.8) is 0 Å². The quantitative estimate of drug-likeness (QED) is 0.287. The molecular formula is C23H25F5N8O4S2. The standard InChI is InChI=1S/C23H25F5N8O4S2/c1-35-16(6-17(33-35)40-21(25)26)30-22-32-29-9-36(22)11-2-3-15-13(4-11)18(20(41-15)31-19(37)12-5-14(12)24)42(38,39)34-10-7-23(27,28)8-10/h6,9-12,14,21,34H,2-5,7-8H2,1H3,(H,30,32)(H,31,37)/t11-,12-,14-/m0/s1. The van der Waals surface area contributed by atoms with E-state index in [-0.39, 0.29) is 46.4 Å². The number of hydrogen-bond acceptors (Lipinski definition) is 9. The molecule has 0 bridgehead atoms. The summed E-state index contributed by atoms with van der Waals surface area (Å²) in [6, 6.07) is -0.0902. The fourth-order valence-corrected chi connectivity index (χ4v) is 8.44. The number of sulfonamides is 1. The van der Waals surface area contributed by atoms with Crippen LogP contribution < -0.4 is 20.1 Å². The topological polar surface area (TPSA) is 145 Å². The van der Waals surface area contributed by atoms with Crippen molar-refractivity contribution >= 4 is 44.0 Å². The summed E-state index contributed by atoms with van der Waals surface area (Å²) in [4.78, 5) is 13.0. The van der Waals surface area contributed by atoms with Crippen molar-refractivity contribution in [2.24, 2.45) is 13.0 Å². The molecule has 0 spiro atoms. The number of ether oxygens (including phenoxy) is 1. The zero-order valence-corrected chi connectivity index (χ0v) is 23.5. The number of amides is 1. The van der Waals surface area contributed by atoms with E-state index in [0.29, 0.717) is 23.3 Å². The summed E-state index contributed by atoms with van der Waals surface area (Å²) in [7, 11) is -2.85. The zero-order valence-electron chi connectivity index (χ0n) is 21.9. The minimum absolute atomic E-state index is 0.0203. The van der Waals surface area contributed by atoms with Gasteiger partial charge in [-0.3, -0.25) is 9.36 Å². The highest BCUT2D eigenvalue weighted by molar-refractivity contribution is 7.90. The smallest absolute Gasteiger partial charge is 0.388 e. The van der Waals surface area contributed by atoms with Crippen molar-refractivity contribution in [2.45, 2.75) is 74.2 Å². The second kappa shape index (κ2) is 10.4. The van der Waals surface area contributed by atoms with E-state index in [9.17, 15) is 35.2 Å². The predicted molar refractivity (Wildman–Crippen MR) is 138 cm³/mol. The van der Waals surface area contributed by atoms with Gasteiger partial charge in [0.2, 0.25) is 27.8 Å². The number of hydrogen-bond donors (Lipinski definition) is 3. The number of aromatic nitrogens is 5. The zero-order chi connectivity index (χ0) is 30.0. The summed E-state index contributed by atoms with van der Waals surface area (Å²) in [6.45, 7) is -3.06. The first kappa shape index (κ1) is 28.8. The summed E-state index contributed by atoms with van der Waals surface area (Å²) in [5, 5.41) is 17.4. The Morgan fingerprint density at radius 3 is 2.69 bits per heavy atom. The van der Waals surface area contributed by atoms with E-state index in [4.69, 9.17) is 0 Å². The number of aryl methyl sites for hydroxylation is 2. The molecule has 19 heteroatoms. The van der Waals surface area contributed by atoms with Crippen LogP contribution in [-0.2, 0) is 34.7 Å². The van der Waals surface area contributed by atoms with E-state index in [1.165, 1.54) is 24.1 Å². The molecule has 1 amide bonds. The van der Waals surface area contributed by atoms with Crippen LogP contribution in [0, 0.1) is 5.92 Å². The number of thiophene rings is 1. The van der Waals surface area contributed by atoms with Gasteiger partial charge in [0.05, 0.1) is 5.92 Å². The molecule has 3 aromatic rings. The van der Waals surface area contributed by atoms with Crippen LogP contribution in [0.5, 0.6) is 5.88 Å². The van der Waals surface area contributed by atoms with Gasteiger partial charge in [-0.05, 0) is 31.2 Å². The van der Waals surface area contributed by atoms with Crippen LogP contribution in [0.15, 0.2) is 17.3 Å². The molecule has 0 unspecified atom stereocenters. The fourth-order valence-electron chi connectivity index (χ4n) is 5.23. The molecule has 0 aliphatic heterocycles. The maximum atomic E-state index is 13.6. The lowest BCUT2D eigenvalue weighted by Crippen LogP contribution is -2.50. The summed E-state index contributed by atoms with van der Waals surface area (Å²) < 4.78 is 102. The second-order valence-electron chi connectivity index (χ2n) is 10.5. The van der Waals surface area contributed by atoms with Gasteiger partial charge in [-0.25, -0.2) is 31.0 Å². The van der Waals surface area contributed by atoms with Gasteiger partial charge in [-0.1, -0.05) is 0 Å². The molecule has 3 N–H and O–H groups in total. The molecule has 12 nitrogen and oxygen atoms in total. The third-order valence-electron chi connectivity index (χ3n) is 7.43. The Labute approximate surface area is 239 Å². The van der Waals surface area contributed by atoms with E-state index in [1.54, 1.807) is 4.57 Å². The van der Waals surface area contributed by atoms with Crippen LogP contribution >= 0.6 is 11.3 Å². The highest BCUT2D eigenvalue weighted by atomic mass is 32.2. The fraction of sp³-hybridized carbons (Fsp3) is 0.565. The summed E-state index contributed by atoms with van der Waals surface area (Å²) in [6.07, 6.45) is 0.00183. The molecule has 3 aliphatic rings. The number of nitrogens with one attached hydrogen (secondary N) is 3. The highest BCUT2D eigenvalue weighted by Gasteiger charge is 2.48. The van der Waals surface area contributed by atoms with Crippen molar-refractivity contribution in [2.75, 3.05) is 10.6 Å².